The second kappa shape index (κ2) is 7.47. The van der Waals surface area contributed by atoms with E-state index < -0.39 is 16.2 Å². The second-order valence-electron chi connectivity index (χ2n) is 7.10. The fourth-order valence-corrected chi connectivity index (χ4v) is 2.82. The molecule has 1 heterocycles. The first-order valence-corrected chi connectivity index (χ1v) is 10.7. The summed E-state index contributed by atoms with van der Waals surface area (Å²) in [4.78, 5) is 0. The summed E-state index contributed by atoms with van der Waals surface area (Å²) in [5, 5.41) is 0. The van der Waals surface area contributed by atoms with Gasteiger partial charge in [-0.3, -0.25) is 0 Å². The Balaban J connectivity index is 2.11. The van der Waals surface area contributed by atoms with Gasteiger partial charge in [0.1, 0.15) is 6.61 Å². The number of methoxy groups -OCH3 is 1. The first kappa shape index (κ1) is 19.3. The van der Waals surface area contributed by atoms with E-state index in [4.69, 9.17) is 23.2 Å². The van der Waals surface area contributed by atoms with Crippen LogP contribution in [0.4, 0.5) is 0 Å². The second-order valence-corrected chi connectivity index (χ2v) is 9.21. The molecular weight excluding hydrogens is 323 g/mol. The first-order valence-electron chi connectivity index (χ1n) is 8.25. The molecule has 7 heteroatoms. The Hall–Kier alpha value is -1.02. The SMILES string of the molecule is COc1ccc(B2OC(C)(C)C(C)(C)O2)cc1OCCO[Si](C)C. The van der Waals surface area contributed by atoms with Crippen LogP contribution in [0.25, 0.3) is 0 Å². The molecule has 1 fully saturated rings. The van der Waals surface area contributed by atoms with Crippen LogP contribution in [-0.2, 0) is 13.7 Å². The van der Waals surface area contributed by atoms with Gasteiger partial charge in [-0.2, -0.15) is 0 Å². The van der Waals surface area contributed by atoms with E-state index >= 15 is 0 Å². The highest BCUT2D eigenvalue weighted by atomic mass is 28.3. The molecule has 0 spiro atoms. The summed E-state index contributed by atoms with van der Waals surface area (Å²) in [6.45, 7) is 13.4. The van der Waals surface area contributed by atoms with Crippen molar-refractivity contribution < 1.29 is 23.2 Å². The average molecular weight is 351 g/mol. The van der Waals surface area contributed by atoms with Crippen LogP contribution in [0.2, 0.25) is 13.1 Å². The highest BCUT2D eigenvalue weighted by Gasteiger charge is 2.51. The van der Waals surface area contributed by atoms with Crippen molar-refractivity contribution in [3.63, 3.8) is 0 Å². The van der Waals surface area contributed by atoms with Crippen LogP contribution >= 0.6 is 0 Å². The lowest BCUT2D eigenvalue weighted by atomic mass is 9.79. The molecule has 1 aromatic carbocycles. The van der Waals surface area contributed by atoms with Crippen molar-refractivity contribution in [2.24, 2.45) is 0 Å². The fraction of sp³-hybridized carbons (Fsp3) is 0.647. The van der Waals surface area contributed by atoms with E-state index in [-0.39, 0.29) is 11.2 Å². The number of hydrogen-bond acceptors (Lipinski definition) is 5. The topological polar surface area (TPSA) is 46.2 Å². The maximum atomic E-state index is 6.10. The summed E-state index contributed by atoms with van der Waals surface area (Å²) < 4.78 is 29.0. The Bertz CT molecular complexity index is 546. The summed E-state index contributed by atoms with van der Waals surface area (Å²) in [6.07, 6.45) is 0. The molecule has 1 aliphatic rings. The first-order chi connectivity index (χ1) is 11.2. The molecular formula is C17H28BO5Si. The van der Waals surface area contributed by atoms with E-state index in [1.807, 2.05) is 45.9 Å². The van der Waals surface area contributed by atoms with E-state index in [0.717, 1.165) is 5.46 Å². The fourth-order valence-electron chi connectivity index (χ4n) is 2.33. The van der Waals surface area contributed by atoms with Crippen molar-refractivity contribution in [1.29, 1.82) is 0 Å². The largest absolute Gasteiger partial charge is 0.494 e. The maximum absolute atomic E-state index is 6.10. The minimum absolute atomic E-state index is 0.368. The number of ether oxygens (including phenoxy) is 2. The number of benzene rings is 1. The number of hydrogen-bond donors (Lipinski definition) is 0. The molecule has 0 unspecified atom stereocenters. The molecule has 0 aliphatic carbocycles. The van der Waals surface area contributed by atoms with Gasteiger partial charge in [-0.05, 0) is 58.4 Å². The summed E-state index contributed by atoms with van der Waals surface area (Å²) in [6, 6.07) is 5.75. The third kappa shape index (κ3) is 4.33. The summed E-state index contributed by atoms with van der Waals surface area (Å²) in [5.41, 5.74) is 0.182. The van der Waals surface area contributed by atoms with Crippen molar-refractivity contribution in [2.75, 3.05) is 20.3 Å². The van der Waals surface area contributed by atoms with E-state index in [0.29, 0.717) is 24.7 Å². The molecule has 1 aromatic rings. The predicted molar refractivity (Wildman–Crippen MR) is 97.6 cm³/mol. The van der Waals surface area contributed by atoms with Crippen LogP contribution in [-0.4, -0.2) is 47.7 Å². The molecule has 24 heavy (non-hydrogen) atoms. The molecule has 5 nitrogen and oxygen atoms in total. The lowest BCUT2D eigenvalue weighted by Crippen LogP contribution is -2.41. The van der Waals surface area contributed by atoms with Gasteiger partial charge >= 0.3 is 7.12 Å². The van der Waals surface area contributed by atoms with Crippen molar-refractivity contribution in [1.82, 2.24) is 0 Å². The molecule has 0 amide bonds. The van der Waals surface area contributed by atoms with Crippen molar-refractivity contribution in [3.8, 4) is 11.5 Å². The van der Waals surface area contributed by atoms with Gasteiger partial charge in [0.15, 0.2) is 11.5 Å². The molecule has 2 rings (SSSR count). The van der Waals surface area contributed by atoms with Gasteiger partial charge in [0, 0.05) is 0 Å². The Morgan fingerprint density at radius 2 is 1.62 bits per heavy atom. The van der Waals surface area contributed by atoms with E-state index in [1.54, 1.807) is 7.11 Å². The Morgan fingerprint density at radius 3 is 2.17 bits per heavy atom. The summed E-state index contributed by atoms with van der Waals surface area (Å²) in [5.74, 6) is 1.36. The van der Waals surface area contributed by atoms with Gasteiger partial charge in [-0.25, -0.2) is 0 Å². The third-order valence-corrected chi connectivity index (χ3v) is 5.23. The number of rotatable bonds is 7. The summed E-state index contributed by atoms with van der Waals surface area (Å²) >= 11 is 0. The molecule has 133 valence electrons. The van der Waals surface area contributed by atoms with E-state index in [1.165, 1.54) is 0 Å². The molecule has 0 bridgehead atoms. The quantitative estimate of drug-likeness (QED) is 0.558. The standard InChI is InChI=1S/C17H28BO5Si/c1-16(2)17(3,4)23-18(22-16)13-8-9-14(19-5)15(12-13)20-10-11-21-24(6)7/h8-9,12H,10-11H2,1-7H3. The highest BCUT2D eigenvalue weighted by molar-refractivity contribution is 6.62. The van der Waals surface area contributed by atoms with Crippen LogP contribution in [0.5, 0.6) is 11.5 Å². The molecule has 1 saturated heterocycles. The van der Waals surface area contributed by atoms with Gasteiger partial charge < -0.3 is 23.2 Å². The zero-order valence-corrected chi connectivity index (χ0v) is 16.8. The van der Waals surface area contributed by atoms with Gasteiger partial charge in [0.25, 0.3) is 0 Å². The third-order valence-electron chi connectivity index (χ3n) is 4.44. The Kier molecular flexibility index (Phi) is 6.01. The van der Waals surface area contributed by atoms with Crippen molar-refractivity contribution >= 4 is 21.6 Å². The van der Waals surface area contributed by atoms with Gasteiger partial charge in [0.05, 0.1) is 24.9 Å². The van der Waals surface area contributed by atoms with E-state index in [2.05, 4.69) is 13.1 Å². The van der Waals surface area contributed by atoms with Gasteiger partial charge in [-0.15, -0.1) is 0 Å². The molecule has 1 radical (unpaired) electrons. The molecule has 0 N–H and O–H groups in total. The average Bonchev–Trinajstić information content (AvgIpc) is 2.71. The van der Waals surface area contributed by atoms with Crippen LogP contribution in [0, 0.1) is 0 Å². The summed E-state index contributed by atoms with van der Waals surface area (Å²) in [7, 11) is 0.514. The van der Waals surface area contributed by atoms with Crippen LogP contribution < -0.4 is 14.9 Å². The van der Waals surface area contributed by atoms with Crippen molar-refractivity contribution in [3.05, 3.63) is 18.2 Å². The van der Waals surface area contributed by atoms with Crippen molar-refractivity contribution in [2.45, 2.75) is 52.0 Å². The normalized spacial score (nSPS) is 18.9. The Morgan fingerprint density at radius 1 is 1.00 bits per heavy atom. The monoisotopic (exact) mass is 351 g/mol. The zero-order chi connectivity index (χ0) is 18.0. The highest BCUT2D eigenvalue weighted by Crippen LogP contribution is 2.37. The van der Waals surface area contributed by atoms with Crippen LogP contribution in [0.3, 0.4) is 0 Å². The van der Waals surface area contributed by atoms with Crippen LogP contribution in [0.1, 0.15) is 27.7 Å². The minimum atomic E-state index is -0.702. The smallest absolute Gasteiger partial charge is 0.493 e. The minimum Gasteiger partial charge on any atom is -0.493 e. The van der Waals surface area contributed by atoms with Crippen LogP contribution in [0.15, 0.2) is 18.2 Å². The molecule has 0 saturated carbocycles. The van der Waals surface area contributed by atoms with Gasteiger partial charge in [-0.1, -0.05) is 6.07 Å². The van der Waals surface area contributed by atoms with Gasteiger partial charge in [0.2, 0.25) is 9.04 Å². The maximum Gasteiger partial charge on any atom is 0.494 e. The lowest BCUT2D eigenvalue weighted by Gasteiger charge is -2.32. The molecule has 0 aromatic heterocycles. The van der Waals surface area contributed by atoms with E-state index in [9.17, 15) is 0 Å². The Labute approximate surface area is 147 Å². The molecule has 1 aliphatic heterocycles. The predicted octanol–water partition coefficient (Wildman–Crippen LogP) is 2.64. The lowest BCUT2D eigenvalue weighted by molar-refractivity contribution is 0.00578. The zero-order valence-electron chi connectivity index (χ0n) is 15.8. The molecule has 0 atom stereocenters.